The quantitative estimate of drug-likeness (QED) is 0.440. The average molecular weight is 405 g/mol. The lowest BCUT2D eigenvalue weighted by Gasteiger charge is -2.29. The van der Waals surface area contributed by atoms with Crippen LogP contribution in [0.5, 0.6) is 0 Å². The van der Waals surface area contributed by atoms with Gasteiger partial charge in [-0.3, -0.25) is 10.1 Å². The molecule has 154 valence electrons. The number of hydrogen-bond acceptors (Lipinski definition) is 7. The molecule has 0 spiro atoms. The third-order valence-electron chi connectivity index (χ3n) is 5.01. The number of anilines is 2. The second-order valence-electron chi connectivity index (χ2n) is 7.05. The maximum Gasteiger partial charge on any atom is 0.353 e. The number of hydrogen-bond donors (Lipinski definition) is 0. The number of benzene rings is 2. The van der Waals surface area contributed by atoms with Gasteiger partial charge in [-0.05, 0) is 11.1 Å². The first-order valence-electron chi connectivity index (χ1n) is 9.87. The summed E-state index contributed by atoms with van der Waals surface area (Å²) in [5, 5.41) is 12.1. The highest BCUT2D eigenvalue weighted by atomic mass is 16.6. The highest BCUT2D eigenvalue weighted by Crippen LogP contribution is 2.35. The Morgan fingerprint density at radius 3 is 2.03 bits per heavy atom. The van der Waals surface area contributed by atoms with Crippen LogP contribution in [-0.2, 0) is 17.8 Å². The summed E-state index contributed by atoms with van der Waals surface area (Å²) in [6, 6.07) is 19.8. The van der Waals surface area contributed by atoms with Crippen molar-refractivity contribution in [2.24, 2.45) is 0 Å². The van der Waals surface area contributed by atoms with E-state index < -0.39 is 0 Å². The summed E-state index contributed by atoms with van der Waals surface area (Å²) in [5.74, 6) is 0.670. The number of nitro groups is 1. The number of morpholine rings is 1. The third-order valence-corrected chi connectivity index (χ3v) is 5.01. The molecule has 0 bridgehead atoms. The summed E-state index contributed by atoms with van der Waals surface area (Å²) < 4.78 is 5.39. The van der Waals surface area contributed by atoms with Crippen molar-refractivity contribution in [1.29, 1.82) is 0 Å². The molecular formula is C22H23N5O3. The van der Waals surface area contributed by atoms with E-state index >= 15 is 0 Å². The molecule has 0 amide bonds. The van der Waals surface area contributed by atoms with Crippen LogP contribution in [-0.4, -0.2) is 41.2 Å². The van der Waals surface area contributed by atoms with Crippen molar-refractivity contribution in [1.82, 2.24) is 9.97 Å². The Kier molecular flexibility index (Phi) is 6.14. The van der Waals surface area contributed by atoms with Crippen molar-refractivity contribution >= 4 is 17.3 Å². The van der Waals surface area contributed by atoms with Crippen molar-refractivity contribution in [2.75, 3.05) is 36.1 Å². The van der Waals surface area contributed by atoms with Gasteiger partial charge in [0.25, 0.3) is 0 Å². The molecule has 3 aromatic rings. The predicted octanol–water partition coefficient (Wildman–Crippen LogP) is 3.43. The highest BCUT2D eigenvalue weighted by Gasteiger charge is 2.31. The monoisotopic (exact) mass is 405 g/mol. The fourth-order valence-corrected chi connectivity index (χ4v) is 3.58. The summed E-state index contributed by atoms with van der Waals surface area (Å²) in [6.45, 7) is 3.16. The molecule has 0 atom stereocenters. The number of ether oxygens (including phenoxy) is 1. The number of aromatic nitrogens is 2. The van der Waals surface area contributed by atoms with Gasteiger partial charge in [0.15, 0.2) is 0 Å². The second kappa shape index (κ2) is 9.32. The molecule has 1 saturated heterocycles. The van der Waals surface area contributed by atoms with Crippen molar-refractivity contribution < 1.29 is 9.66 Å². The molecule has 0 radical (unpaired) electrons. The third kappa shape index (κ3) is 4.55. The summed E-state index contributed by atoms with van der Waals surface area (Å²) in [7, 11) is 0. The van der Waals surface area contributed by atoms with Crippen LogP contribution >= 0.6 is 0 Å². The zero-order valence-electron chi connectivity index (χ0n) is 16.6. The van der Waals surface area contributed by atoms with E-state index in [9.17, 15) is 10.1 Å². The Morgan fingerprint density at radius 1 is 0.933 bits per heavy atom. The van der Waals surface area contributed by atoms with Crippen LogP contribution in [0.2, 0.25) is 0 Å². The molecule has 8 nitrogen and oxygen atoms in total. The van der Waals surface area contributed by atoms with Crippen molar-refractivity contribution in [2.45, 2.75) is 13.1 Å². The van der Waals surface area contributed by atoms with Gasteiger partial charge < -0.3 is 14.5 Å². The van der Waals surface area contributed by atoms with Gasteiger partial charge in [0.2, 0.25) is 11.6 Å². The second-order valence-corrected chi connectivity index (χ2v) is 7.05. The molecule has 1 fully saturated rings. The van der Waals surface area contributed by atoms with Gasteiger partial charge in [-0.1, -0.05) is 60.7 Å². The molecular weight excluding hydrogens is 382 g/mol. The molecule has 8 heteroatoms. The summed E-state index contributed by atoms with van der Waals surface area (Å²) in [6.07, 6.45) is 1.41. The van der Waals surface area contributed by atoms with Crippen LogP contribution < -0.4 is 9.80 Å². The molecule has 0 aliphatic carbocycles. The van der Waals surface area contributed by atoms with Gasteiger partial charge in [0.1, 0.15) is 6.33 Å². The first kappa shape index (κ1) is 19.8. The molecule has 30 heavy (non-hydrogen) atoms. The van der Waals surface area contributed by atoms with Crippen molar-refractivity contribution in [3.05, 3.63) is 88.2 Å². The minimum absolute atomic E-state index is 0.0636. The van der Waals surface area contributed by atoms with Crippen LogP contribution in [0.1, 0.15) is 11.1 Å². The van der Waals surface area contributed by atoms with Crippen molar-refractivity contribution in [3.63, 3.8) is 0 Å². The average Bonchev–Trinajstić information content (AvgIpc) is 2.80. The maximum absolute atomic E-state index is 12.1. The fourth-order valence-electron chi connectivity index (χ4n) is 3.58. The van der Waals surface area contributed by atoms with E-state index in [1.165, 1.54) is 6.33 Å². The molecule has 2 aromatic carbocycles. The van der Waals surface area contributed by atoms with E-state index in [2.05, 4.69) is 9.97 Å². The van der Waals surface area contributed by atoms with Crippen LogP contribution in [0.4, 0.5) is 17.3 Å². The van der Waals surface area contributed by atoms with E-state index in [0.717, 1.165) is 11.1 Å². The molecule has 0 N–H and O–H groups in total. The normalized spacial score (nSPS) is 13.8. The summed E-state index contributed by atoms with van der Waals surface area (Å²) >= 11 is 0. The summed E-state index contributed by atoms with van der Waals surface area (Å²) in [4.78, 5) is 24.2. The van der Waals surface area contributed by atoms with E-state index in [0.29, 0.717) is 51.0 Å². The largest absolute Gasteiger partial charge is 0.378 e. The van der Waals surface area contributed by atoms with E-state index in [1.54, 1.807) is 0 Å². The lowest BCUT2D eigenvalue weighted by molar-refractivity contribution is -0.383. The van der Waals surface area contributed by atoms with Gasteiger partial charge in [-0.25, -0.2) is 9.97 Å². The van der Waals surface area contributed by atoms with Crippen LogP contribution in [0.3, 0.4) is 0 Å². The Hall–Kier alpha value is -3.52. The van der Waals surface area contributed by atoms with Gasteiger partial charge in [-0.15, -0.1) is 0 Å². The Morgan fingerprint density at radius 2 is 1.50 bits per heavy atom. The number of nitrogens with zero attached hydrogens (tertiary/aromatic N) is 5. The fraction of sp³-hybridized carbons (Fsp3) is 0.273. The Balaban J connectivity index is 1.75. The smallest absolute Gasteiger partial charge is 0.353 e. The summed E-state index contributed by atoms with van der Waals surface area (Å²) in [5.41, 5.74) is 2.04. The van der Waals surface area contributed by atoms with Gasteiger partial charge in [0.05, 0.1) is 18.1 Å². The molecule has 0 unspecified atom stereocenters. The lowest BCUT2D eigenvalue weighted by Crippen LogP contribution is -2.37. The zero-order valence-corrected chi connectivity index (χ0v) is 16.6. The Bertz CT molecular complexity index is 937. The molecule has 4 rings (SSSR count). The van der Waals surface area contributed by atoms with E-state index in [-0.39, 0.29) is 10.6 Å². The predicted molar refractivity (Wildman–Crippen MR) is 114 cm³/mol. The number of rotatable bonds is 7. The van der Waals surface area contributed by atoms with Gasteiger partial charge >= 0.3 is 5.69 Å². The van der Waals surface area contributed by atoms with Crippen molar-refractivity contribution in [3.8, 4) is 0 Å². The minimum atomic E-state index is -0.372. The first-order chi connectivity index (χ1) is 14.7. The van der Waals surface area contributed by atoms with Crippen LogP contribution in [0, 0.1) is 10.1 Å². The first-order valence-corrected chi connectivity index (χ1v) is 9.87. The highest BCUT2D eigenvalue weighted by molar-refractivity contribution is 5.71. The van der Waals surface area contributed by atoms with Gasteiger partial charge in [0, 0.05) is 26.2 Å². The zero-order chi connectivity index (χ0) is 20.8. The van der Waals surface area contributed by atoms with Crippen LogP contribution in [0.25, 0.3) is 0 Å². The van der Waals surface area contributed by atoms with Gasteiger partial charge in [-0.2, -0.15) is 0 Å². The van der Waals surface area contributed by atoms with E-state index in [1.807, 2.05) is 70.5 Å². The Labute approximate surface area is 174 Å². The van der Waals surface area contributed by atoms with E-state index in [4.69, 9.17) is 4.74 Å². The molecule has 1 aliphatic rings. The topological polar surface area (TPSA) is 84.6 Å². The molecule has 0 saturated carbocycles. The maximum atomic E-state index is 12.1. The molecule has 2 heterocycles. The SMILES string of the molecule is O=[N+]([O-])c1c(N2CCOCC2)ncnc1N(Cc1ccccc1)Cc1ccccc1. The van der Waals surface area contributed by atoms with Crippen LogP contribution in [0.15, 0.2) is 67.0 Å². The standard InChI is InChI=1S/C22H23N5O3/c28-27(29)20-21(25-11-13-30-14-12-25)23-17-24-22(20)26(15-18-7-3-1-4-8-18)16-19-9-5-2-6-10-19/h1-10,17H,11-16H2. The minimum Gasteiger partial charge on any atom is -0.378 e. The lowest BCUT2D eigenvalue weighted by atomic mass is 10.1. The molecule has 1 aliphatic heterocycles. The molecule has 1 aromatic heterocycles.